The van der Waals surface area contributed by atoms with Crippen LogP contribution in [0.1, 0.15) is 32.4 Å². The monoisotopic (exact) mass is 406 g/mol. The third-order valence-electron chi connectivity index (χ3n) is 3.88. The second-order valence-electron chi connectivity index (χ2n) is 6.57. The molecule has 0 bridgehead atoms. The number of sulfonamides is 1. The number of para-hydroxylation sites is 1. The molecule has 0 aromatic heterocycles. The first kappa shape index (κ1) is 21.7. The maximum Gasteiger partial charge on any atom is 0.258 e. The molecule has 2 aromatic rings. The molecular weight excluding hydrogens is 380 g/mol. The van der Waals surface area contributed by atoms with Gasteiger partial charge in [-0.05, 0) is 51.1 Å². The first-order valence-corrected chi connectivity index (χ1v) is 10.4. The van der Waals surface area contributed by atoms with E-state index < -0.39 is 10.0 Å². The fourth-order valence-corrected chi connectivity index (χ4v) is 3.88. The van der Waals surface area contributed by atoms with Crippen molar-refractivity contribution in [3.63, 3.8) is 0 Å². The third kappa shape index (κ3) is 5.97. The zero-order chi connectivity index (χ0) is 20.7. The number of ether oxygens (including phenoxy) is 2. The van der Waals surface area contributed by atoms with Crippen molar-refractivity contribution in [2.75, 3.05) is 13.7 Å². The van der Waals surface area contributed by atoms with Gasteiger partial charge in [0.15, 0.2) is 6.61 Å². The minimum atomic E-state index is -3.56. The Morgan fingerprint density at radius 1 is 1.04 bits per heavy atom. The van der Waals surface area contributed by atoms with Gasteiger partial charge in [0.05, 0.1) is 18.0 Å². The molecule has 2 rings (SSSR count). The van der Waals surface area contributed by atoms with Gasteiger partial charge in [-0.25, -0.2) is 13.1 Å². The van der Waals surface area contributed by atoms with Gasteiger partial charge in [-0.1, -0.05) is 18.2 Å². The van der Waals surface area contributed by atoms with Crippen LogP contribution < -0.4 is 19.5 Å². The van der Waals surface area contributed by atoms with E-state index in [1.165, 1.54) is 24.3 Å². The third-order valence-corrected chi connectivity index (χ3v) is 5.55. The molecule has 1 amide bonds. The molecule has 8 heteroatoms. The maximum atomic E-state index is 12.2. The number of nitrogens with one attached hydrogen (secondary N) is 2. The number of hydrogen-bond acceptors (Lipinski definition) is 5. The van der Waals surface area contributed by atoms with Gasteiger partial charge in [-0.2, -0.15) is 0 Å². The van der Waals surface area contributed by atoms with Crippen LogP contribution in [0, 0.1) is 0 Å². The molecule has 1 atom stereocenters. The Bertz CT molecular complexity index is 895. The van der Waals surface area contributed by atoms with Crippen molar-refractivity contribution in [2.45, 2.75) is 37.8 Å². The molecule has 0 radical (unpaired) electrons. The lowest BCUT2D eigenvalue weighted by Crippen LogP contribution is -2.31. The van der Waals surface area contributed by atoms with Crippen LogP contribution in [-0.2, 0) is 14.8 Å². The SMILES string of the molecule is COc1ccccc1[C@H](C)NC(=O)COc1ccc(S(=O)(=O)NC(C)C)cc1. The molecule has 0 saturated carbocycles. The Morgan fingerprint density at radius 2 is 1.68 bits per heavy atom. The van der Waals surface area contributed by atoms with Crippen LogP contribution in [0.2, 0.25) is 0 Å². The average molecular weight is 407 g/mol. The van der Waals surface area contributed by atoms with E-state index >= 15 is 0 Å². The van der Waals surface area contributed by atoms with Crippen LogP contribution in [0.15, 0.2) is 53.4 Å². The Balaban J connectivity index is 1.92. The van der Waals surface area contributed by atoms with E-state index in [-0.39, 0.29) is 29.5 Å². The molecule has 28 heavy (non-hydrogen) atoms. The van der Waals surface area contributed by atoms with Gasteiger partial charge in [0, 0.05) is 11.6 Å². The van der Waals surface area contributed by atoms with E-state index in [4.69, 9.17) is 9.47 Å². The van der Waals surface area contributed by atoms with Crippen LogP contribution in [0.4, 0.5) is 0 Å². The summed E-state index contributed by atoms with van der Waals surface area (Å²) in [5.74, 6) is 0.809. The summed E-state index contributed by atoms with van der Waals surface area (Å²) in [6, 6.07) is 12.9. The Morgan fingerprint density at radius 3 is 2.29 bits per heavy atom. The van der Waals surface area contributed by atoms with Crippen LogP contribution in [0.5, 0.6) is 11.5 Å². The van der Waals surface area contributed by atoms with Crippen molar-refractivity contribution >= 4 is 15.9 Å². The highest BCUT2D eigenvalue weighted by Crippen LogP contribution is 2.24. The Kier molecular flexibility index (Phi) is 7.42. The quantitative estimate of drug-likeness (QED) is 0.668. The molecular formula is C20H26N2O5S. The molecule has 152 valence electrons. The number of carbonyl (C=O) groups excluding carboxylic acids is 1. The Labute approximate surface area is 166 Å². The molecule has 0 aliphatic heterocycles. The van der Waals surface area contributed by atoms with Gasteiger partial charge in [-0.3, -0.25) is 4.79 Å². The van der Waals surface area contributed by atoms with Crippen LogP contribution in [0.25, 0.3) is 0 Å². The van der Waals surface area contributed by atoms with Crippen LogP contribution in [0.3, 0.4) is 0 Å². The van der Waals surface area contributed by atoms with Crippen molar-refractivity contribution in [1.82, 2.24) is 10.0 Å². The van der Waals surface area contributed by atoms with Gasteiger partial charge in [0.25, 0.3) is 5.91 Å². The van der Waals surface area contributed by atoms with E-state index in [9.17, 15) is 13.2 Å². The van der Waals surface area contributed by atoms with Gasteiger partial charge < -0.3 is 14.8 Å². The number of rotatable bonds is 9. The van der Waals surface area contributed by atoms with Crippen molar-refractivity contribution in [3.05, 3.63) is 54.1 Å². The zero-order valence-corrected chi connectivity index (χ0v) is 17.2. The number of amides is 1. The topological polar surface area (TPSA) is 93.7 Å². The van der Waals surface area contributed by atoms with Crippen molar-refractivity contribution in [2.24, 2.45) is 0 Å². The minimum Gasteiger partial charge on any atom is -0.496 e. The highest BCUT2D eigenvalue weighted by molar-refractivity contribution is 7.89. The predicted octanol–water partition coefficient (Wildman–Crippen LogP) is 2.64. The molecule has 0 unspecified atom stereocenters. The van der Waals surface area contributed by atoms with Gasteiger partial charge in [0.1, 0.15) is 11.5 Å². The predicted molar refractivity (Wildman–Crippen MR) is 107 cm³/mol. The summed E-state index contributed by atoms with van der Waals surface area (Å²) in [6.07, 6.45) is 0. The second kappa shape index (κ2) is 9.57. The summed E-state index contributed by atoms with van der Waals surface area (Å²) in [6.45, 7) is 5.17. The molecule has 0 spiro atoms. The first-order chi connectivity index (χ1) is 13.2. The van der Waals surface area contributed by atoms with Crippen LogP contribution >= 0.6 is 0 Å². The lowest BCUT2D eigenvalue weighted by atomic mass is 10.1. The van der Waals surface area contributed by atoms with E-state index in [2.05, 4.69) is 10.0 Å². The van der Waals surface area contributed by atoms with E-state index in [1.54, 1.807) is 21.0 Å². The van der Waals surface area contributed by atoms with Gasteiger partial charge >= 0.3 is 0 Å². The molecule has 0 aliphatic carbocycles. The highest BCUT2D eigenvalue weighted by atomic mass is 32.2. The van der Waals surface area contributed by atoms with E-state index in [0.717, 1.165) is 5.56 Å². The molecule has 2 N–H and O–H groups in total. The molecule has 0 heterocycles. The summed E-state index contributed by atoms with van der Waals surface area (Å²) < 4.78 is 37.5. The molecule has 0 saturated heterocycles. The molecule has 0 aliphatic rings. The average Bonchev–Trinajstić information content (AvgIpc) is 2.65. The maximum absolute atomic E-state index is 12.2. The number of carbonyl (C=O) groups is 1. The summed E-state index contributed by atoms with van der Waals surface area (Å²) in [5, 5.41) is 2.85. The lowest BCUT2D eigenvalue weighted by molar-refractivity contribution is -0.123. The minimum absolute atomic E-state index is 0.141. The standard InChI is InChI=1S/C20H26N2O5S/c1-14(2)22-28(24,25)17-11-9-16(10-12-17)27-13-20(23)21-15(3)18-7-5-6-8-19(18)26-4/h5-12,14-15,22H,13H2,1-4H3,(H,21,23)/t15-/m0/s1. The fourth-order valence-electron chi connectivity index (χ4n) is 2.63. The van der Waals surface area contributed by atoms with Gasteiger partial charge in [-0.15, -0.1) is 0 Å². The van der Waals surface area contributed by atoms with E-state index in [1.807, 2.05) is 31.2 Å². The second-order valence-corrected chi connectivity index (χ2v) is 8.28. The van der Waals surface area contributed by atoms with Crippen molar-refractivity contribution in [3.8, 4) is 11.5 Å². The smallest absolute Gasteiger partial charge is 0.258 e. The van der Waals surface area contributed by atoms with Crippen LogP contribution in [-0.4, -0.2) is 34.1 Å². The fraction of sp³-hybridized carbons (Fsp3) is 0.350. The summed E-state index contributed by atoms with van der Waals surface area (Å²) in [7, 11) is -1.98. The normalized spacial score (nSPS) is 12.5. The van der Waals surface area contributed by atoms with Gasteiger partial charge in [0.2, 0.25) is 10.0 Å². The molecule has 2 aromatic carbocycles. The summed E-state index contributed by atoms with van der Waals surface area (Å²) in [4.78, 5) is 12.3. The Hall–Kier alpha value is -2.58. The summed E-state index contributed by atoms with van der Waals surface area (Å²) >= 11 is 0. The van der Waals surface area contributed by atoms with Crippen molar-refractivity contribution < 1.29 is 22.7 Å². The summed E-state index contributed by atoms with van der Waals surface area (Å²) in [5.41, 5.74) is 0.866. The highest BCUT2D eigenvalue weighted by Gasteiger charge is 2.16. The number of benzene rings is 2. The number of methoxy groups -OCH3 is 1. The van der Waals surface area contributed by atoms with Crippen molar-refractivity contribution in [1.29, 1.82) is 0 Å². The molecule has 0 fully saturated rings. The molecule has 7 nitrogen and oxygen atoms in total. The largest absolute Gasteiger partial charge is 0.496 e. The zero-order valence-electron chi connectivity index (χ0n) is 16.4. The lowest BCUT2D eigenvalue weighted by Gasteiger charge is -2.17. The van der Waals surface area contributed by atoms with E-state index in [0.29, 0.717) is 11.5 Å². The number of hydrogen-bond donors (Lipinski definition) is 2. The first-order valence-electron chi connectivity index (χ1n) is 8.90.